The molecule has 3 nitrogen and oxygen atoms in total. The van der Waals surface area contributed by atoms with E-state index in [1.807, 2.05) is 0 Å². The van der Waals surface area contributed by atoms with Crippen LogP contribution in [-0.4, -0.2) is 33.6 Å². The van der Waals surface area contributed by atoms with Crippen molar-refractivity contribution in [2.75, 3.05) is 7.05 Å². The summed E-state index contributed by atoms with van der Waals surface area (Å²) in [5.41, 5.74) is 3.82. The van der Waals surface area contributed by atoms with Crippen molar-refractivity contribution in [3.63, 3.8) is 0 Å². The highest BCUT2D eigenvalue weighted by Crippen LogP contribution is 2.39. The van der Waals surface area contributed by atoms with E-state index < -0.39 is 0 Å². The van der Waals surface area contributed by atoms with Gasteiger partial charge in [0.15, 0.2) is 4.77 Å². The van der Waals surface area contributed by atoms with Crippen LogP contribution in [-0.2, 0) is 0 Å². The molecular weight excluding hydrogens is 278 g/mol. The molecule has 4 heteroatoms. The van der Waals surface area contributed by atoms with Gasteiger partial charge in [-0.1, -0.05) is 18.6 Å². The van der Waals surface area contributed by atoms with E-state index in [0.717, 1.165) is 16.9 Å². The first-order valence-corrected chi connectivity index (χ1v) is 8.47. The highest BCUT2D eigenvalue weighted by atomic mass is 32.1. The van der Waals surface area contributed by atoms with Crippen LogP contribution in [0.3, 0.4) is 0 Å². The molecule has 0 radical (unpaired) electrons. The minimum atomic E-state index is 0.554. The number of H-pyrrole nitrogens is 1. The molecule has 2 aromatic rings. The van der Waals surface area contributed by atoms with Gasteiger partial charge in [0.2, 0.25) is 0 Å². The Morgan fingerprint density at radius 2 is 1.86 bits per heavy atom. The van der Waals surface area contributed by atoms with E-state index in [2.05, 4.69) is 46.6 Å². The van der Waals surface area contributed by atoms with Crippen molar-refractivity contribution in [1.82, 2.24) is 14.5 Å². The number of imidazole rings is 1. The first-order chi connectivity index (χ1) is 10.1. The SMILES string of the molecule is Cc1cccc2[nH]c(=S)n(C3CC4CCCC(C3)N4C)c12. The number of rotatable bonds is 1. The van der Waals surface area contributed by atoms with Crippen LogP contribution in [0, 0.1) is 11.7 Å². The van der Waals surface area contributed by atoms with Crippen LogP contribution in [0.4, 0.5) is 0 Å². The second kappa shape index (κ2) is 4.96. The lowest BCUT2D eigenvalue weighted by atomic mass is 9.82. The fourth-order valence-corrected chi connectivity index (χ4v) is 4.85. The molecule has 2 bridgehead atoms. The van der Waals surface area contributed by atoms with Gasteiger partial charge in [-0.3, -0.25) is 0 Å². The zero-order valence-electron chi connectivity index (χ0n) is 12.8. The van der Waals surface area contributed by atoms with Gasteiger partial charge < -0.3 is 14.5 Å². The molecule has 112 valence electrons. The molecule has 2 atom stereocenters. The van der Waals surface area contributed by atoms with E-state index in [4.69, 9.17) is 12.2 Å². The predicted octanol–water partition coefficient (Wildman–Crippen LogP) is 4.20. The molecule has 0 amide bonds. The molecule has 4 rings (SSSR count). The van der Waals surface area contributed by atoms with Gasteiger partial charge in [-0.25, -0.2) is 0 Å². The maximum Gasteiger partial charge on any atom is 0.178 e. The smallest absolute Gasteiger partial charge is 0.178 e. The highest BCUT2D eigenvalue weighted by Gasteiger charge is 2.37. The average molecular weight is 301 g/mol. The van der Waals surface area contributed by atoms with Gasteiger partial charge in [0.1, 0.15) is 0 Å². The largest absolute Gasteiger partial charge is 0.331 e. The van der Waals surface area contributed by atoms with Crippen LogP contribution >= 0.6 is 12.2 Å². The van der Waals surface area contributed by atoms with Crippen molar-refractivity contribution in [3.05, 3.63) is 28.5 Å². The van der Waals surface area contributed by atoms with Gasteiger partial charge in [-0.15, -0.1) is 0 Å². The van der Waals surface area contributed by atoms with Gasteiger partial charge in [0.25, 0.3) is 0 Å². The van der Waals surface area contributed by atoms with Crippen molar-refractivity contribution in [1.29, 1.82) is 0 Å². The normalized spacial score (nSPS) is 29.9. The second-order valence-corrected chi connectivity index (χ2v) is 7.19. The van der Waals surface area contributed by atoms with Gasteiger partial charge >= 0.3 is 0 Å². The molecule has 2 aliphatic heterocycles. The van der Waals surface area contributed by atoms with Crippen LogP contribution in [0.1, 0.15) is 43.7 Å². The molecular formula is C17H23N3S. The number of piperidine rings is 2. The molecule has 21 heavy (non-hydrogen) atoms. The lowest BCUT2D eigenvalue weighted by Gasteiger charge is -2.47. The summed E-state index contributed by atoms with van der Waals surface area (Å²) >= 11 is 5.65. The van der Waals surface area contributed by atoms with Gasteiger partial charge in [-0.05, 0) is 63.5 Å². The number of aromatic nitrogens is 2. The molecule has 1 N–H and O–H groups in total. The zero-order valence-corrected chi connectivity index (χ0v) is 13.6. The summed E-state index contributed by atoms with van der Waals surface area (Å²) in [5.74, 6) is 0. The van der Waals surface area contributed by atoms with Crippen molar-refractivity contribution in [2.24, 2.45) is 0 Å². The van der Waals surface area contributed by atoms with E-state index in [1.54, 1.807) is 0 Å². The van der Waals surface area contributed by atoms with E-state index in [9.17, 15) is 0 Å². The summed E-state index contributed by atoms with van der Waals surface area (Å²) < 4.78 is 3.31. The third kappa shape index (κ3) is 2.08. The van der Waals surface area contributed by atoms with E-state index in [1.165, 1.54) is 48.7 Å². The van der Waals surface area contributed by atoms with Gasteiger partial charge in [-0.2, -0.15) is 0 Å². The Hall–Kier alpha value is -1.13. The Morgan fingerprint density at radius 1 is 1.14 bits per heavy atom. The third-order valence-electron chi connectivity index (χ3n) is 5.62. The van der Waals surface area contributed by atoms with Crippen LogP contribution < -0.4 is 0 Å². The first kappa shape index (κ1) is 13.5. The molecule has 0 saturated carbocycles. The lowest BCUT2D eigenvalue weighted by Crippen LogP contribution is -2.50. The molecule has 0 aliphatic carbocycles. The fourth-order valence-electron chi connectivity index (χ4n) is 4.50. The number of benzene rings is 1. The summed E-state index contributed by atoms with van der Waals surface area (Å²) in [6.45, 7) is 2.19. The summed E-state index contributed by atoms with van der Waals surface area (Å²) in [4.78, 5) is 6.02. The highest BCUT2D eigenvalue weighted by molar-refractivity contribution is 7.71. The molecule has 3 heterocycles. The van der Waals surface area contributed by atoms with Crippen LogP contribution in [0.25, 0.3) is 11.0 Å². The number of nitrogens with one attached hydrogen (secondary N) is 1. The maximum atomic E-state index is 5.65. The predicted molar refractivity (Wildman–Crippen MR) is 89.3 cm³/mol. The third-order valence-corrected chi connectivity index (χ3v) is 5.92. The molecule has 1 aromatic carbocycles. The lowest BCUT2D eigenvalue weighted by molar-refractivity contribution is 0.0406. The number of fused-ring (bicyclic) bond motifs is 3. The summed E-state index contributed by atoms with van der Waals surface area (Å²) in [6, 6.07) is 8.47. The summed E-state index contributed by atoms with van der Waals surface area (Å²) in [6.07, 6.45) is 6.56. The standard InChI is InChI=1S/C17H23N3S/c1-11-5-3-8-15-16(11)20(17(21)18-15)14-9-12-6-4-7-13(10-14)19(12)2/h3,5,8,12-14H,4,6-7,9-10H2,1-2H3,(H,18,21). The first-order valence-electron chi connectivity index (χ1n) is 8.07. The molecule has 2 saturated heterocycles. The maximum absolute atomic E-state index is 5.65. The fraction of sp³-hybridized carbons (Fsp3) is 0.588. The van der Waals surface area contributed by atoms with Gasteiger partial charge in [0, 0.05) is 18.1 Å². The molecule has 1 aromatic heterocycles. The number of nitrogens with zero attached hydrogens (tertiary/aromatic N) is 2. The number of hydrogen-bond acceptors (Lipinski definition) is 2. The Labute approximate surface area is 131 Å². The van der Waals surface area contributed by atoms with E-state index in [0.29, 0.717) is 6.04 Å². The summed E-state index contributed by atoms with van der Waals surface area (Å²) in [7, 11) is 2.31. The average Bonchev–Trinajstić information content (AvgIpc) is 2.76. The Balaban J connectivity index is 1.81. The van der Waals surface area contributed by atoms with Crippen molar-refractivity contribution >= 4 is 23.3 Å². The molecule has 0 spiro atoms. The Bertz CT molecular complexity index is 715. The van der Waals surface area contributed by atoms with Crippen molar-refractivity contribution in [2.45, 2.75) is 57.2 Å². The van der Waals surface area contributed by atoms with E-state index in [-0.39, 0.29) is 0 Å². The number of para-hydroxylation sites is 1. The second-order valence-electron chi connectivity index (χ2n) is 6.80. The van der Waals surface area contributed by atoms with Crippen molar-refractivity contribution in [3.8, 4) is 0 Å². The van der Waals surface area contributed by atoms with Crippen LogP contribution in [0.5, 0.6) is 0 Å². The number of aromatic amines is 1. The zero-order chi connectivity index (χ0) is 14.6. The summed E-state index contributed by atoms with van der Waals surface area (Å²) in [5, 5.41) is 0. The minimum absolute atomic E-state index is 0.554. The Kier molecular flexibility index (Phi) is 3.19. The monoisotopic (exact) mass is 301 g/mol. The minimum Gasteiger partial charge on any atom is -0.331 e. The molecule has 2 unspecified atom stereocenters. The van der Waals surface area contributed by atoms with Crippen LogP contribution in [0.15, 0.2) is 18.2 Å². The Morgan fingerprint density at radius 3 is 2.57 bits per heavy atom. The van der Waals surface area contributed by atoms with Crippen LogP contribution in [0.2, 0.25) is 0 Å². The number of hydrogen-bond donors (Lipinski definition) is 1. The van der Waals surface area contributed by atoms with E-state index >= 15 is 0 Å². The van der Waals surface area contributed by atoms with Gasteiger partial charge in [0.05, 0.1) is 11.0 Å². The topological polar surface area (TPSA) is 24.0 Å². The number of aryl methyl sites for hydroxylation is 1. The molecule has 2 fully saturated rings. The quantitative estimate of drug-likeness (QED) is 0.798. The van der Waals surface area contributed by atoms with Crippen molar-refractivity contribution < 1.29 is 0 Å². The molecule has 2 aliphatic rings.